The Hall–Kier alpha value is -1.35. The topological polar surface area (TPSA) is 29.5 Å². The molecule has 0 aromatic heterocycles. The van der Waals surface area contributed by atoms with E-state index in [1.54, 1.807) is 0 Å². The first-order chi connectivity index (χ1) is 8.59. The molecule has 0 radical (unpaired) electrons. The van der Waals surface area contributed by atoms with Gasteiger partial charge in [0.1, 0.15) is 0 Å². The fraction of sp³-hybridized carbons (Fsp3) is 0.533. The molecular weight excluding hydrogens is 226 g/mol. The number of morpholine rings is 1. The lowest BCUT2D eigenvalue weighted by Crippen LogP contribution is -2.40. The van der Waals surface area contributed by atoms with Crippen molar-refractivity contribution >= 4 is 5.91 Å². The van der Waals surface area contributed by atoms with Crippen molar-refractivity contribution in [2.45, 2.75) is 26.7 Å². The van der Waals surface area contributed by atoms with Crippen molar-refractivity contribution in [3.63, 3.8) is 0 Å². The minimum atomic E-state index is 0.131. The summed E-state index contributed by atoms with van der Waals surface area (Å²) in [6, 6.07) is 6.14. The van der Waals surface area contributed by atoms with E-state index in [1.807, 2.05) is 17.9 Å². The van der Waals surface area contributed by atoms with Crippen molar-refractivity contribution < 1.29 is 9.53 Å². The summed E-state index contributed by atoms with van der Waals surface area (Å²) in [5.74, 6) is 0.627. The number of carbonyl (C=O) groups excluding carboxylic acids is 1. The molecule has 1 aromatic rings. The van der Waals surface area contributed by atoms with Crippen LogP contribution in [0.5, 0.6) is 0 Å². The van der Waals surface area contributed by atoms with Gasteiger partial charge < -0.3 is 9.64 Å². The molecule has 1 aliphatic heterocycles. The molecule has 1 saturated heterocycles. The average Bonchev–Trinajstić information content (AvgIpc) is 2.38. The number of carbonyl (C=O) groups is 1. The van der Waals surface area contributed by atoms with Crippen molar-refractivity contribution in [1.29, 1.82) is 0 Å². The van der Waals surface area contributed by atoms with Gasteiger partial charge in [-0.05, 0) is 30.0 Å². The molecule has 1 amide bonds. The summed E-state index contributed by atoms with van der Waals surface area (Å²) in [4.78, 5) is 14.2. The van der Waals surface area contributed by atoms with Gasteiger partial charge in [-0.2, -0.15) is 0 Å². The second-order valence-corrected chi connectivity index (χ2v) is 5.13. The van der Waals surface area contributed by atoms with Crippen LogP contribution in [0.3, 0.4) is 0 Å². The zero-order chi connectivity index (χ0) is 13.1. The van der Waals surface area contributed by atoms with E-state index in [2.05, 4.69) is 26.0 Å². The van der Waals surface area contributed by atoms with Gasteiger partial charge in [0.05, 0.1) is 13.2 Å². The number of hydrogen-bond acceptors (Lipinski definition) is 2. The first-order valence-electron chi connectivity index (χ1n) is 6.57. The summed E-state index contributed by atoms with van der Waals surface area (Å²) in [6.07, 6.45) is 0. The van der Waals surface area contributed by atoms with Crippen LogP contribution in [-0.4, -0.2) is 37.1 Å². The second kappa shape index (κ2) is 5.53. The number of nitrogens with zero attached hydrogens (tertiary/aromatic N) is 1. The Labute approximate surface area is 109 Å². The molecule has 1 aromatic carbocycles. The van der Waals surface area contributed by atoms with Gasteiger partial charge in [0.15, 0.2) is 0 Å². The SMILES string of the molecule is Cc1cc(C(C)C)ccc1C(=O)N1CCOCC1. The van der Waals surface area contributed by atoms with Crippen LogP contribution in [0, 0.1) is 6.92 Å². The third kappa shape index (κ3) is 2.72. The van der Waals surface area contributed by atoms with Gasteiger partial charge in [0.25, 0.3) is 5.91 Å². The van der Waals surface area contributed by atoms with Gasteiger partial charge in [-0.25, -0.2) is 0 Å². The quantitative estimate of drug-likeness (QED) is 0.804. The van der Waals surface area contributed by atoms with Crippen molar-refractivity contribution in [3.05, 3.63) is 34.9 Å². The maximum absolute atomic E-state index is 12.4. The van der Waals surface area contributed by atoms with Crippen LogP contribution in [0.2, 0.25) is 0 Å². The van der Waals surface area contributed by atoms with E-state index in [9.17, 15) is 4.79 Å². The van der Waals surface area contributed by atoms with Gasteiger partial charge in [0.2, 0.25) is 0 Å². The molecule has 3 nitrogen and oxygen atoms in total. The molecule has 0 aliphatic carbocycles. The predicted molar refractivity (Wildman–Crippen MR) is 72.0 cm³/mol. The largest absolute Gasteiger partial charge is 0.378 e. The van der Waals surface area contributed by atoms with Crippen LogP contribution < -0.4 is 0 Å². The Bertz CT molecular complexity index is 434. The van der Waals surface area contributed by atoms with E-state index in [-0.39, 0.29) is 5.91 Å². The first-order valence-corrected chi connectivity index (χ1v) is 6.57. The van der Waals surface area contributed by atoms with E-state index in [4.69, 9.17) is 4.74 Å². The molecule has 0 bridgehead atoms. The fourth-order valence-corrected chi connectivity index (χ4v) is 2.22. The normalized spacial score (nSPS) is 16.1. The van der Waals surface area contributed by atoms with Crippen LogP contribution in [0.4, 0.5) is 0 Å². The third-order valence-corrected chi connectivity index (χ3v) is 3.45. The third-order valence-electron chi connectivity index (χ3n) is 3.45. The molecule has 0 atom stereocenters. The highest BCUT2D eigenvalue weighted by molar-refractivity contribution is 5.95. The zero-order valence-corrected chi connectivity index (χ0v) is 11.4. The number of benzene rings is 1. The molecule has 18 heavy (non-hydrogen) atoms. The lowest BCUT2D eigenvalue weighted by Gasteiger charge is -2.27. The Morgan fingerprint density at radius 3 is 2.50 bits per heavy atom. The van der Waals surface area contributed by atoms with E-state index >= 15 is 0 Å². The highest BCUT2D eigenvalue weighted by Gasteiger charge is 2.20. The van der Waals surface area contributed by atoms with Crippen molar-refractivity contribution in [1.82, 2.24) is 4.90 Å². The van der Waals surface area contributed by atoms with E-state index < -0.39 is 0 Å². The maximum Gasteiger partial charge on any atom is 0.254 e. The molecule has 0 spiro atoms. The number of rotatable bonds is 2. The summed E-state index contributed by atoms with van der Waals surface area (Å²) in [5.41, 5.74) is 3.17. The molecule has 1 aliphatic rings. The Kier molecular flexibility index (Phi) is 4.02. The minimum absolute atomic E-state index is 0.131. The Morgan fingerprint density at radius 2 is 1.94 bits per heavy atom. The van der Waals surface area contributed by atoms with E-state index in [1.165, 1.54) is 5.56 Å². The van der Waals surface area contributed by atoms with Gasteiger partial charge in [-0.1, -0.05) is 26.0 Å². The lowest BCUT2D eigenvalue weighted by molar-refractivity contribution is 0.0302. The van der Waals surface area contributed by atoms with Gasteiger partial charge in [-0.3, -0.25) is 4.79 Å². The highest BCUT2D eigenvalue weighted by atomic mass is 16.5. The van der Waals surface area contributed by atoms with Crippen molar-refractivity contribution in [2.75, 3.05) is 26.3 Å². The molecule has 0 saturated carbocycles. The summed E-state index contributed by atoms with van der Waals surface area (Å²) < 4.78 is 5.27. The molecular formula is C15H21NO2. The van der Waals surface area contributed by atoms with Crippen LogP contribution in [0.1, 0.15) is 41.3 Å². The van der Waals surface area contributed by atoms with Crippen LogP contribution in [-0.2, 0) is 4.74 Å². The highest BCUT2D eigenvalue weighted by Crippen LogP contribution is 2.20. The zero-order valence-electron chi connectivity index (χ0n) is 11.4. The molecule has 1 heterocycles. The number of amides is 1. The first kappa shape index (κ1) is 13.1. The number of hydrogen-bond donors (Lipinski definition) is 0. The summed E-state index contributed by atoms with van der Waals surface area (Å²) in [7, 11) is 0. The minimum Gasteiger partial charge on any atom is -0.378 e. The van der Waals surface area contributed by atoms with Crippen molar-refractivity contribution in [3.8, 4) is 0 Å². The maximum atomic E-state index is 12.4. The lowest BCUT2D eigenvalue weighted by atomic mass is 9.97. The molecule has 98 valence electrons. The average molecular weight is 247 g/mol. The molecule has 0 N–H and O–H groups in total. The van der Waals surface area contributed by atoms with E-state index in [0.717, 1.165) is 11.1 Å². The van der Waals surface area contributed by atoms with Crippen molar-refractivity contribution in [2.24, 2.45) is 0 Å². The Morgan fingerprint density at radius 1 is 1.28 bits per heavy atom. The fourth-order valence-electron chi connectivity index (χ4n) is 2.22. The molecule has 0 unspecified atom stereocenters. The van der Waals surface area contributed by atoms with Crippen LogP contribution in [0.15, 0.2) is 18.2 Å². The standard InChI is InChI=1S/C15H21NO2/c1-11(2)13-4-5-14(12(3)10-13)15(17)16-6-8-18-9-7-16/h4-5,10-11H,6-9H2,1-3H3. The predicted octanol–water partition coefficient (Wildman–Crippen LogP) is 2.59. The number of aryl methyl sites for hydroxylation is 1. The number of ether oxygens (including phenoxy) is 1. The van der Waals surface area contributed by atoms with Gasteiger partial charge in [-0.15, -0.1) is 0 Å². The van der Waals surface area contributed by atoms with Gasteiger partial charge >= 0.3 is 0 Å². The Balaban J connectivity index is 2.19. The summed E-state index contributed by atoms with van der Waals surface area (Å²) in [5, 5.41) is 0. The molecule has 3 heteroatoms. The monoisotopic (exact) mass is 247 g/mol. The molecule has 2 rings (SSSR count). The van der Waals surface area contributed by atoms with E-state index in [0.29, 0.717) is 32.2 Å². The second-order valence-electron chi connectivity index (χ2n) is 5.13. The molecule has 1 fully saturated rings. The van der Waals surface area contributed by atoms with Gasteiger partial charge in [0, 0.05) is 18.7 Å². The summed E-state index contributed by atoms with van der Waals surface area (Å²) in [6.45, 7) is 9.04. The summed E-state index contributed by atoms with van der Waals surface area (Å²) >= 11 is 0. The van der Waals surface area contributed by atoms with Crippen LogP contribution >= 0.6 is 0 Å². The smallest absolute Gasteiger partial charge is 0.254 e. The van der Waals surface area contributed by atoms with Crippen LogP contribution in [0.25, 0.3) is 0 Å².